The van der Waals surface area contributed by atoms with Crippen molar-refractivity contribution < 1.29 is 28.3 Å². The van der Waals surface area contributed by atoms with Crippen LogP contribution < -0.4 is 4.74 Å². The standard InChI is InChI=1S/C12H6F2N2O5/c13-8-2-1-7(4-9(8)14)21-11-10(16(19)20)3-6(5-15-11)12(17)18/h1-5H,(H,17,18). The first-order valence-electron chi connectivity index (χ1n) is 5.39. The van der Waals surface area contributed by atoms with Gasteiger partial charge in [0.25, 0.3) is 5.88 Å². The molecule has 0 bridgehead atoms. The number of hydrogen-bond acceptors (Lipinski definition) is 5. The molecule has 0 aliphatic carbocycles. The molecule has 0 amide bonds. The molecule has 108 valence electrons. The average Bonchev–Trinajstić information content (AvgIpc) is 2.43. The van der Waals surface area contributed by atoms with Gasteiger partial charge in [-0.25, -0.2) is 18.6 Å². The van der Waals surface area contributed by atoms with Crippen LogP contribution in [-0.2, 0) is 0 Å². The van der Waals surface area contributed by atoms with E-state index in [4.69, 9.17) is 9.84 Å². The van der Waals surface area contributed by atoms with Gasteiger partial charge in [-0.1, -0.05) is 0 Å². The number of carboxylic acid groups (broad SMARTS) is 1. The van der Waals surface area contributed by atoms with Crippen LogP contribution >= 0.6 is 0 Å². The molecule has 0 aliphatic rings. The zero-order chi connectivity index (χ0) is 15.6. The Morgan fingerprint density at radius 2 is 2.00 bits per heavy atom. The third kappa shape index (κ3) is 3.08. The molecule has 0 spiro atoms. The number of carbonyl (C=O) groups is 1. The SMILES string of the molecule is O=C(O)c1cnc(Oc2ccc(F)c(F)c2)c([N+](=O)[O-])c1. The third-order valence-corrected chi connectivity index (χ3v) is 2.38. The fraction of sp³-hybridized carbons (Fsp3) is 0. The zero-order valence-corrected chi connectivity index (χ0v) is 10.1. The molecule has 21 heavy (non-hydrogen) atoms. The normalized spacial score (nSPS) is 10.2. The Morgan fingerprint density at radius 1 is 1.29 bits per heavy atom. The average molecular weight is 296 g/mol. The van der Waals surface area contributed by atoms with E-state index in [1.165, 1.54) is 0 Å². The summed E-state index contributed by atoms with van der Waals surface area (Å²) in [6, 6.07) is 3.27. The molecule has 1 heterocycles. The number of rotatable bonds is 4. The first kappa shape index (κ1) is 14.3. The van der Waals surface area contributed by atoms with Gasteiger partial charge in [0.1, 0.15) is 5.75 Å². The molecule has 2 aromatic rings. The van der Waals surface area contributed by atoms with Crippen LogP contribution in [0.25, 0.3) is 0 Å². The van der Waals surface area contributed by atoms with Gasteiger partial charge in [-0.3, -0.25) is 10.1 Å². The third-order valence-electron chi connectivity index (χ3n) is 2.38. The summed E-state index contributed by atoms with van der Waals surface area (Å²) in [6.45, 7) is 0. The topological polar surface area (TPSA) is 103 Å². The van der Waals surface area contributed by atoms with E-state index in [0.717, 1.165) is 24.4 Å². The van der Waals surface area contributed by atoms with Crippen molar-refractivity contribution >= 4 is 11.7 Å². The van der Waals surface area contributed by atoms with Crippen molar-refractivity contribution in [2.24, 2.45) is 0 Å². The molecule has 1 N–H and O–H groups in total. The number of nitrogens with zero attached hydrogens (tertiary/aromatic N) is 2. The molecular formula is C12H6F2N2O5. The molecule has 0 fully saturated rings. The molecule has 0 atom stereocenters. The summed E-state index contributed by atoms with van der Waals surface area (Å²) >= 11 is 0. The summed E-state index contributed by atoms with van der Waals surface area (Å²) in [5.74, 6) is -4.45. The van der Waals surface area contributed by atoms with Crippen LogP contribution in [0.3, 0.4) is 0 Å². The Bertz CT molecular complexity index is 736. The number of hydrogen-bond donors (Lipinski definition) is 1. The molecule has 1 aromatic carbocycles. The number of benzene rings is 1. The maximum atomic E-state index is 13.0. The van der Waals surface area contributed by atoms with E-state index in [2.05, 4.69) is 4.98 Å². The van der Waals surface area contributed by atoms with Crippen LogP contribution in [-0.4, -0.2) is 21.0 Å². The van der Waals surface area contributed by atoms with Gasteiger partial charge < -0.3 is 9.84 Å². The molecule has 0 unspecified atom stereocenters. The monoisotopic (exact) mass is 296 g/mol. The van der Waals surface area contributed by atoms with Crippen molar-refractivity contribution in [3.63, 3.8) is 0 Å². The Morgan fingerprint density at radius 3 is 2.57 bits per heavy atom. The lowest BCUT2D eigenvalue weighted by atomic mass is 10.2. The Balaban J connectivity index is 2.41. The van der Waals surface area contributed by atoms with Gasteiger partial charge in [0.2, 0.25) is 0 Å². The van der Waals surface area contributed by atoms with Crippen molar-refractivity contribution in [2.75, 3.05) is 0 Å². The lowest BCUT2D eigenvalue weighted by Crippen LogP contribution is -2.02. The molecule has 9 heteroatoms. The van der Waals surface area contributed by atoms with Crippen LogP contribution in [0.15, 0.2) is 30.5 Å². The number of ether oxygens (including phenoxy) is 1. The van der Waals surface area contributed by atoms with E-state index >= 15 is 0 Å². The molecule has 0 aliphatic heterocycles. The summed E-state index contributed by atoms with van der Waals surface area (Å²) in [6.07, 6.45) is 0.852. The molecule has 2 rings (SSSR count). The van der Waals surface area contributed by atoms with Gasteiger partial charge >= 0.3 is 11.7 Å². The second kappa shape index (κ2) is 5.49. The number of carboxylic acids is 1. The maximum absolute atomic E-state index is 13.0. The highest BCUT2D eigenvalue weighted by atomic mass is 19.2. The lowest BCUT2D eigenvalue weighted by molar-refractivity contribution is -0.386. The minimum atomic E-state index is -1.40. The maximum Gasteiger partial charge on any atom is 0.337 e. The summed E-state index contributed by atoms with van der Waals surface area (Å²) < 4.78 is 30.8. The van der Waals surface area contributed by atoms with E-state index in [1.807, 2.05) is 0 Å². The summed E-state index contributed by atoms with van der Waals surface area (Å²) in [5, 5.41) is 19.6. The van der Waals surface area contributed by atoms with Crippen LogP contribution in [0.4, 0.5) is 14.5 Å². The Kier molecular flexibility index (Phi) is 3.74. The summed E-state index contributed by atoms with van der Waals surface area (Å²) in [7, 11) is 0. The zero-order valence-electron chi connectivity index (χ0n) is 10.1. The molecule has 1 aromatic heterocycles. The highest BCUT2D eigenvalue weighted by Gasteiger charge is 2.21. The van der Waals surface area contributed by atoms with Crippen molar-refractivity contribution in [1.82, 2.24) is 4.98 Å². The van der Waals surface area contributed by atoms with Crippen molar-refractivity contribution in [3.05, 3.63) is 57.8 Å². The smallest absolute Gasteiger partial charge is 0.337 e. The van der Waals surface area contributed by atoms with Crippen LogP contribution in [0.5, 0.6) is 11.6 Å². The number of halogens is 2. The quantitative estimate of drug-likeness (QED) is 0.687. The molecule has 0 radical (unpaired) electrons. The van der Waals surface area contributed by atoms with Gasteiger partial charge in [0.05, 0.1) is 10.5 Å². The van der Waals surface area contributed by atoms with Crippen LogP contribution in [0.2, 0.25) is 0 Å². The van der Waals surface area contributed by atoms with Crippen LogP contribution in [0, 0.1) is 21.7 Å². The fourth-order valence-corrected chi connectivity index (χ4v) is 1.42. The van der Waals surface area contributed by atoms with E-state index in [0.29, 0.717) is 6.07 Å². The molecular weight excluding hydrogens is 290 g/mol. The van der Waals surface area contributed by atoms with Gasteiger partial charge in [-0.15, -0.1) is 0 Å². The fourth-order valence-electron chi connectivity index (χ4n) is 1.42. The van der Waals surface area contributed by atoms with Crippen molar-refractivity contribution in [1.29, 1.82) is 0 Å². The van der Waals surface area contributed by atoms with Crippen molar-refractivity contribution in [3.8, 4) is 11.6 Å². The Labute approximate surface area is 115 Å². The summed E-state index contributed by atoms with van der Waals surface area (Å²) in [4.78, 5) is 24.2. The predicted molar refractivity (Wildman–Crippen MR) is 64.3 cm³/mol. The second-order valence-electron chi connectivity index (χ2n) is 3.79. The Hall–Kier alpha value is -3.10. The van der Waals surface area contributed by atoms with Crippen molar-refractivity contribution in [2.45, 2.75) is 0 Å². The highest BCUT2D eigenvalue weighted by Crippen LogP contribution is 2.30. The van der Waals surface area contributed by atoms with Crippen LogP contribution in [0.1, 0.15) is 10.4 Å². The number of aromatic carboxylic acids is 1. The number of aromatic nitrogens is 1. The van der Waals surface area contributed by atoms with Gasteiger partial charge in [0.15, 0.2) is 11.6 Å². The first-order valence-corrected chi connectivity index (χ1v) is 5.39. The molecule has 0 saturated carbocycles. The lowest BCUT2D eigenvalue weighted by Gasteiger charge is -2.06. The number of pyridine rings is 1. The summed E-state index contributed by atoms with van der Waals surface area (Å²) in [5.41, 5.74) is -1.11. The van der Waals surface area contributed by atoms with E-state index in [9.17, 15) is 23.7 Å². The highest BCUT2D eigenvalue weighted by molar-refractivity contribution is 5.88. The van der Waals surface area contributed by atoms with Gasteiger partial charge in [-0.05, 0) is 12.1 Å². The predicted octanol–water partition coefficient (Wildman–Crippen LogP) is 2.76. The minimum absolute atomic E-state index is 0.215. The largest absolute Gasteiger partial charge is 0.478 e. The van der Waals surface area contributed by atoms with Gasteiger partial charge in [0, 0.05) is 18.3 Å². The minimum Gasteiger partial charge on any atom is -0.478 e. The van der Waals surface area contributed by atoms with E-state index < -0.39 is 39.7 Å². The van der Waals surface area contributed by atoms with Gasteiger partial charge in [-0.2, -0.15) is 0 Å². The number of nitro groups is 1. The van der Waals surface area contributed by atoms with E-state index in [1.54, 1.807) is 0 Å². The molecule has 0 saturated heterocycles. The molecule has 7 nitrogen and oxygen atoms in total. The van der Waals surface area contributed by atoms with E-state index in [-0.39, 0.29) is 5.75 Å². The second-order valence-corrected chi connectivity index (χ2v) is 3.79. The first-order chi connectivity index (χ1) is 9.88.